The largest absolute Gasteiger partial charge is 0.480 e. The number of hydrogen-bond acceptors (Lipinski definition) is 9. The summed E-state index contributed by atoms with van der Waals surface area (Å²) < 4.78 is 5.09. The molecule has 0 spiro atoms. The first-order chi connectivity index (χ1) is 19.3. The van der Waals surface area contributed by atoms with E-state index in [4.69, 9.17) is 10.00 Å². The van der Waals surface area contributed by atoms with Gasteiger partial charge in [0.2, 0.25) is 17.7 Å². The van der Waals surface area contributed by atoms with Crippen LogP contribution in [0, 0.1) is 11.3 Å². The van der Waals surface area contributed by atoms with Crippen LogP contribution in [0.1, 0.15) is 40.9 Å². The van der Waals surface area contributed by atoms with E-state index in [0.29, 0.717) is 16.1 Å². The SMILES string of the molecule is CC(C)(C)OC(=O)NC(Cc1ccc(NC(=O)CNC(=O)CNC(=O)CNC(=O)c2ccc(C#N)s2)cc1)C(=O)O. The number of thiophene rings is 1. The number of alkyl carbamates (subject to hydrolysis) is 1. The van der Waals surface area contributed by atoms with Crippen LogP contribution in [0.25, 0.3) is 0 Å². The smallest absolute Gasteiger partial charge is 0.408 e. The number of anilines is 1. The predicted octanol–water partition coefficient (Wildman–Crippen LogP) is 0.741. The fourth-order valence-electron chi connectivity index (χ4n) is 3.07. The van der Waals surface area contributed by atoms with E-state index in [9.17, 15) is 33.9 Å². The molecule has 0 saturated carbocycles. The zero-order valence-electron chi connectivity index (χ0n) is 22.5. The molecule has 1 unspecified atom stereocenters. The number of hydrogen-bond donors (Lipinski definition) is 6. The number of ether oxygens (including phenoxy) is 1. The van der Waals surface area contributed by atoms with Crippen molar-refractivity contribution in [1.82, 2.24) is 21.3 Å². The molecule has 15 heteroatoms. The summed E-state index contributed by atoms with van der Waals surface area (Å²) in [5.74, 6) is -3.57. The number of carboxylic acids is 1. The Morgan fingerprint density at radius 2 is 1.49 bits per heavy atom. The van der Waals surface area contributed by atoms with Crippen molar-refractivity contribution < 1.29 is 38.6 Å². The van der Waals surface area contributed by atoms with Crippen molar-refractivity contribution in [2.45, 2.75) is 38.8 Å². The monoisotopic (exact) mass is 586 g/mol. The summed E-state index contributed by atoms with van der Waals surface area (Å²) >= 11 is 0.981. The minimum Gasteiger partial charge on any atom is -0.480 e. The Kier molecular flexibility index (Phi) is 11.8. The molecule has 0 aliphatic carbocycles. The summed E-state index contributed by atoms with van der Waals surface area (Å²) in [7, 11) is 0. The van der Waals surface area contributed by atoms with Crippen molar-refractivity contribution in [3.8, 4) is 6.07 Å². The number of amides is 5. The Morgan fingerprint density at radius 1 is 0.902 bits per heavy atom. The second kappa shape index (κ2) is 15.0. The quantitative estimate of drug-likeness (QED) is 0.206. The maximum atomic E-state index is 12.2. The summed E-state index contributed by atoms with van der Waals surface area (Å²) in [6.45, 7) is 3.79. The average molecular weight is 587 g/mol. The van der Waals surface area contributed by atoms with Gasteiger partial charge in [0.1, 0.15) is 22.6 Å². The first-order valence-electron chi connectivity index (χ1n) is 12.2. The topological polar surface area (TPSA) is 216 Å². The number of carbonyl (C=O) groups excluding carboxylic acids is 5. The summed E-state index contributed by atoms with van der Waals surface area (Å²) in [6, 6.07) is 9.86. The summed E-state index contributed by atoms with van der Waals surface area (Å²) in [4.78, 5) is 72.0. The average Bonchev–Trinajstić information content (AvgIpc) is 3.38. The Bertz CT molecular complexity index is 1330. The molecule has 1 aromatic carbocycles. The van der Waals surface area contributed by atoms with E-state index in [0.717, 1.165) is 11.3 Å². The number of aliphatic carboxylic acids is 1. The maximum absolute atomic E-state index is 12.2. The Balaban J connectivity index is 1.71. The molecule has 0 saturated heterocycles. The molecule has 0 aliphatic rings. The van der Waals surface area contributed by atoms with Gasteiger partial charge in [-0.3, -0.25) is 19.2 Å². The van der Waals surface area contributed by atoms with Gasteiger partial charge in [-0.25, -0.2) is 9.59 Å². The summed E-state index contributed by atoms with van der Waals surface area (Å²) in [6.07, 6.45) is -0.878. The number of nitrogens with zero attached hydrogens (tertiary/aromatic N) is 1. The van der Waals surface area contributed by atoms with E-state index >= 15 is 0 Å². The summed E-state index contributed by atoms with van der Waals surface area (Å²) in [5.41, 5.74) is 0.181. The van der Waals surface area contributed by atoms with Gasteiger partial charge in [-0.15, -0.1) is 11.3 Å². The standard InChI is InChI=1S/C26H30N6O8S/c1-26(2,3)40-25(39)32-18(24(37)38)10-15-4-6-16(7-5-15)31-22(35)14-29-20(33)12-28-21(34)13-30-23(36)19-9-8-17(11-27)41-19/h4-9,18H,10,12-14H2,1-3H3,(H,28,34)(H,29,33)(H,30,36)(H,31,35)(H,32,39)(H,37,38). The van der Waals surface area contributed by atoms with Crippen LogP contribution < -0.4 is 26.6 Å². The molecule has 218 valence electrons. The van der Waals surface area contributed by atoms with Gasteiger partial charge >= 0.3 is 12.1 Å². The van der Waals surface area contributed by atoms with Crippen LogP contribution in [0.5, 0.6) is 0 Å². The molecule has 14 nitrogen and oxygen atoms in total. The van der Waals surface area contributed by atoms with Crippen molar-refractivity contribution >= 4 is 52.7 Å². The molecule has 0 aliphatic heterocycles. The zero-order chi connectivity index (χ0) is 30.6. The highest BCUT2D eigenvalue weighted by atomic mass is 32.1. The molecule has 6 N–H and O–H groups in total. The second-order valence-corrected chi connectivity index (χ2v) is 10.6. The van der Waals surface area contributed by atoms with Gasteiger partial charge < -0.3 is 36.4 Å². The lowest BCUT2D eigenvalue weighted by Crippen LogP contribution is -2.44. The number of rotatable bonds is 12. The van der Waals surface area contributed by atoms with Gasteiger partial charge in [-0.2, -0.15) is 5.26 Å². The lowest BCUT2D eigenvalue weighted by molar-refractivity contribution is -0.139. The fraction of sp³-hybridized carbons (Fsp3) is 0.346. The van der Waals surface area contributed by atoms with E-state index in [2.05, 4.69) is 26.6 Å². The lowest BCUT2D eigenvalue weighted by atomic mass is 10.1. The highest BCUT2D eigenvalue weighted by Crippen LogP contribution is 2.15. The van der Waals surface area contributed by atoms with Gasteiger partial charge in [0.25, 0.3) is 5.91 Å². The molecule has 2 rings (SSSR count). The molecule has 0 fully saturated rings. The third kappa shape index (κ3) is 12.2. The van der Waals surface area contributed by atoms with Crippen LogP contribution in [0.2, 0.25) is 0 Å². The van der Waals surface area contributed by atoms with Crippen LogP contribution in [0.3, 0.4) is 0 Å². The molecule has 1 heterocycles. The van der Waals surface area contributed by atoms with Gasteiger partial charge in [-0.05, 0) is 50.6 Å². The van der Waals surface area contributed by atoms with E-state index in [1.165, 1.54) is 24.3 Å². The first-order valence-corrected chi connectivity index (χ1v) is 13.0. The summed E-state index contributed by atoms with van der Waals surface area (Å²) in [5, 5.41) is 30.1. The number of nitrogens with one attached hydrogen (secondary N) is 5. The van der Waals surface area contributed by atoms with Crippen molar-refractivity contribution in [3.63, 3.8) is 0 Å². The molecule has 5 amide bonds. The van der Waals surface area contributed by atoms with Gasteiger partial charge in [0, 0.05) is 12.1 Å². The molecule has 1 aromatic heterocycles. The number of carbonyl (C=O) groups is 6. The molecule has 0 radical (unpaired) electrons. The Morgan fingerprint density at radius 3 is 2.02 bits per heavy atom. The van der Waals surface area contributed by atoms with Crippen molar-refractivity contribution in [3.05, 3.63) is 51.7 Å². The highest BCUT2D eigenvalue weighted by Gasteiger charge is 2.24. The van der Waals surface area contributed by atoms with Crippen LogP contribution >= 0.6 is 11.3 Å². The van der Waals surface area contributed by atoms with Crippen molar-refractivity contribution in [2.75, 3.05) is 25.0 Å². The first kappa shape index (κ1) is 32.2. The third-order valence-corrected chi connectivity index (χ3v) is 5.90. The van der Waals surface area contributed by atoms with E-state index in [1.54, 1.807) is 32.9 Å². The fourth-order valence-corrected chi connectivity index (χ4v) is 3.78. The van der Waals surface area contributed by atoms with Gasteiger partial charge in [-0.1, -0.05) is 12.1 Å². The van der Waals surface area contributed by atoms with Gasteiger partial charge in [0.05, 0.1) is 24.5 Å². The molecular formula is C26H30N6O8S. The zero-order valence-corrected chi connectivity index (χ0v) is 23.3. The van der Waals surface area contributed by atoms with Crippen LogP contribution in [-0.2, 0) is 30.3 Å². The minimum absolute atomic E-state index is 0.0234. The highest BCUT2D eigenvalue weighted by molar-refractivity contribution is 7.14. The Hall–Kier alpha value is -4.97. The second-order valence-electron chi connectivity index (χ2n) is 9.50. The van der Waals surface area contributed by atoms with Crippen molar-refractivity contribution in [1.29, 1.82) is 5.26 Å². The van der Waals surface area contributed by atoms with E-state index in [-0.39, 0.29) is 24.4 Å². The minimum atomic E-state index is -1.24. The van der Waals surface area contributed by atoms with Crippen molar-refractivity contribution in [2.24, 2.45) is 0 Å². The lowest BCUT2D eigenvalue weighted by Gasteiger charge is -2.22. The number of nitriles is 1. The number of benzene rings is 1. The molecular weight excluding hydrogens is 556 g/mol. The Labute approximate surface area is 239 Å². The third-order valence-electron chi connectivity index (χ3n) is 4.91. The van der Waals surface area contributed by atoms with Crippen LogP contribution in [0.15, 0.2) is 36.4 Å². The molecule has 0 bridgehead atoms. The van der Waals surface area contributed by atoms with Crippen LogP contribution in [0.4, 0.5) is 10.5 Å². The van der Waals surface area contributed by atoms with E-state index < -0.39 is 53.9 Å². The van der Waals surface area contributed by atoms with Gasteiger partial charge in [0.15, 0.2) is 0 Å². The number of carboxylic acid groups (broad SMARTS) is 1. The molecule has 2 aromatic rings. The van der Waals surface area contributed by atoms with Crippen LogP contribution in [-0.4, -0.2) is 72.1 Å². The predicted molar refractivity (Wildman–Crippen MR) is 147 cm³/mol. The maximum Gasteiger partial charge on any atom is 0.408 e. The normalized spacial score (nSPS) is 11.3. The van der Waals surface area contributed by atoms with E-state index in [1.807, 2.05) is 6.07 Å². The molecule has 1 atom stereocenters. The molecule has 41 heavy (non-hydrogen) atoms.